The molecule has 1 aromatic carbocycles. The minimum absolute atomic E-state index is 0.0610. The number of amides is 1. The fourth-order valence-corrected chi connectivity index (χ4v) is 3.04. The molecule has 0 unspecified atom stereocenters. The maximum atomic E-state index is 13.5. The van der Waals surface area contributed by atoms with E-state index in [2.05, 4.69) is 20.8 Å². The summed E-state index contributed by atoms with van der Waals surface area (Å²) >= 11 is 0. The van der Waals surface area contributed by atoms with Crippen molar-refractivity contribution >= 4 is 5.91 Å². The first-order valence-electron chi connectivity index (χ1n) is 9.29. The molecule has 3 nitrogen and oxygen atoms in total. The van der Waals surface area contributed by atoms with E-state index in [1.807, 2.05) is 18.7 Å². The van der Waals surface area contributed by atoms with E-state index >= 15 is 0 Å². The van der Waals surface area contributed by atoms with Crippen LogP contribution in [0.25, 0.3) is 0 Å². The van der Waals surface area contributed by atoms with Crippen LogP contribution in [0.4, 0.5) is 4.39 Å². The molecular weight excluding hydrogens is 317 g/mol. The Kier molecular flexibility index (Phi) is 6.12. The Morgan fingerprint density at radius 2 is 1.76 bits per heavy atom. The summed E-state index contributed by atoms with van der Waals surface area (Å²) in [5, 5.41) is 0. The van der Waals surface area contributed by atoms with E-state index in [-0.39, 0.29) is 22.6 Å². The first kappa shape index (κ1) is 19.7. The summed E-state index contributed by atoms with van der Waals surface area (Å²) < 4.78 is 19.1. The second kappa shape index (κ2) is 7.76. The Morgan fingerprint density at radius 1 is 1.16 bits per heavy atom. The minimum Gasteiger partial charge on any atom is -0.491 e. The van der Waals surface area contributed by atoms with Crippen LogP contribution in [0, 0.1) is 22.6 Å². The highest BCUT2D eigenvalue weighted by Crippen LogP contribution is 2.40. The lowest BCUT2D eigenvalue weighted by Gasteiger charge is -2.43. The normalized spacial score (nSPS) is 16.8. The summed E-state index contributed by atoms with van der Waals surface area (Å²) in [5.74, 6) is 0.795. The molecule has 1 saturated heterocycles. The van der Waals surface area contributed by atoms with Gasteiger partial charge in [0.05, 0.1) is 6.61 Å². The van der Waals surface area contributed by atoms with Crippen molar-refractivity contribution in [2.24, 2.45) is 16.7 Å². The maximum absolute atomic E-state index is 13.5. The first-order chi connectivity index (χ1) is 11.6. The van der Waals surface area contributed by atoms with Crippen molar-refractivity contribution in [3.8, 4) is 5.75 Å². The van der Waals surface area contributed by atoms with Gasteiger partial charge in [-0.3, -0.25) is 4.79 Å². The van der Waals surface area contributed by atoms with E-state index in [1.54, 1.807) is 18.2 Å². The molecule has 0 N–H and O–H groups in total. The molecule has 1 heterocycles. The number of carbonyl (C=O) groups is 1. The number of ether oxygens (including phenoxy) is 1. The number of nitrogens with zero attached hydrogens (tertiary/aromatic N) is 1. The van der Waals surface area contributed by atoms with Crippen LogP contribution < -0.4 is 4.74 Å². The van der Waals surface area contributed by atoms with Gasteiger partial charge in [-0.25, -0.2) is 4.39 Å². The molecule has 0 radical (unpaired) electrons. The van der Waals surface area contributed by atoms with Crippen LogP contribution in [0.1, 0.15) is 53.9 Å². The Morgan fingerprint density at radius 3 is 2.32 bits per heavy atom. The fraction of sp³-hybridized carbons (Fsp3) is 0.667. The van der Waals surface area contributed by atoms with Gasteiger partial charge in [-0.05, 0) is 42.7 Å². The Labute approximate surface area is 151 Å². The summed E-state index contributed by atoms with van der Waals surface area (Å²) in [6, 6.07) is 6.51. The van der Waals surface area contributed by atoms with Gasteiger partial charge in [0.15, 0.2) is 11.6 Å². The highest BCUT2D eigenvalue weighted by atomic mass is 19.1. The maximum Gasteiger partial charge on any atom is 0.228 e. The Bertz CT molecular complexity index is 584. The van der Waals surface area contributed by atoms with Crippen molar-refractivity contribution in [2.75, 3.05) is 19.7 Å². The van der Waals surface area contributed by atoms with Crippen molar-refractivity contribution in [2.45, 2.75) is 53.9 Å². The predicted octanol–water partition coefficient (Wildman–Crippen LogP) is 4.91. The summed E-state index contributed by atoms with van der Waals surface area (Å²) in [4.78, 5) is 14.9. The van der Waals surface area contributed by atoms with Crippen LogP contribution >= 0.6 is 0 Å². The topological polar surface area (TPSA) is 29.5 Å². The number of benzene rings is 1. The zero-order valence-electron chi connectivity index (χ0n) is 16.3. The molecule has 0 saturated carbocycles. The largest absolute Gasteiger partial charge is 0.491 e. The summed E-state index contributed by atoms with van der Waals surface area (Å²) in [6.07, 6.45) is 2.89. The van der Waals surface area contributed by atoms with E-state index < -0.39 is 0 Å². The molecule has 2 rings (SSSR count). The lowest BCUT2D eigenvalue weighted by Crippen LogP contribution is -2.50. The van der Waals surface area contributed by atoms with Crippen molar-refractivity contribution in [3.05, 3.63) is 30.1 Å². The minimum atomic E-state index is -0.367. The van der Waals surface area contributed by atoms with E-state index in [0.29, 0.717) is 18.3 Å². The van der Waals surface area contributed by atoms with Gasteiger partial charge in [-0.15, -0.1) is 0 Å². The van der Waals surface area contributed by atoms with Crippen LogP contribution in [-0.4, -0.2) is 30.5 Å². The third kappa shape index (κ3) is 4.74. The number of hydrogen-bond acceptors (Lipinski definition) is 2. The zero-order valence-corrected chi connectivity index (χ0v) is 16.3. The molecule has 0 aromatic heterocycles. The highest BCUT2D eigenvalue weighted by molar-refractivity contribution is 5.82. The van der Waals surface area contributed by atoms with Crippen LogP contribution in [0.15, 0.2) is 24.3 Å². The molecule has 25 heavy (non-hydrogen) atoms. The number of para-hydroxylation sites is 1. The fourth-order valence-electron chi connectivity index (χ4n) is 3.04. The first-order valence-corrected chi connectivity index (χ1v) is 9.29. The predicted molar refractivity (Wildman–Crippen MR) is 99.1 cm³/mol. The molecular formula is C21H32FNO2. The van der Waals surface area contributed by atoms with Gasteiger partial charge in [0.25, 0.3) is 0 Å². The van der Waals surface area contributed by atoms with Gasteiger partial charge >= 0.3 is 0 Å². The standard InChI is InChI=1S/C21H32FNO2/c1-20(2,3)21(4,5)19(24)23-13-10-16(11-14-23)12-15-25-18-9-7-6-8-17(18)22/h6-9,16H,10-15H2,1-5H3. The van der Waals surface area contributed by atoms with Crippen molar-refractivity contribution < 1.29 is 13.9 Å². The number of rotatable bonds is 5. The highest BCUT2D eigenvalue weighted by Gasteiger charge is 2.42. The number of halogens is 1. The van der Waals surface area contributed by atoms with Gasteiger partial charge in [0.1, 0.15) is 0 Å². The van der Waals surface area contributed by atoms with Crippen LogP contribution in [0.5, 0.6) is 5.75 Å². The van der Waals surface area contributed by atoms with Crippen LogP contribution in [0.2, 0.25) is 0 Å². The Hall–Kier alpha value is -1.58. The third-order valence-electron chi connectivity index (χ3n) is 5.93. The van der Waals surface area contributed by atoms with Crippen molar-refractivity contribution in [3.63, 3.8) is 0 Å². The molecule has 0 atom stereocenters. The van der Waals surface area contributed by atoms with E-state index in [0.717, 1.165) is 32.4 Å². The second-order valence-corrected chi connectivity index (χ2v) is 8.68. The van der Waals surface area contributed by atoms with Gasteiger partial charge in [-0.2, -0.15) is 0 Å². The number of likely N-dealkylation sites (tertiary alicyclic amines) is 1. The van der Waals surface area contributed by atoms with Crippen LogP contribution in [0.3, 0.4) is 0 Å². The number of hydrogen-bond donors (Lipinski definition) is 0. The monoisotopic (exact) mass is 349 g/mol. The molecule has 1 aliphatic heterocycles. The van der Waals surface area contributed by atoms with Crippen molar-refractivity contribution in [1.29, 1.82) is 0 Å². The molecule has 140 valence electrons. The molecule has 0 bridgehead atoms. The van der Waals surface area contributed by atoms with E-state index in [1.165, 1.54) is 6.07 Å². The summed E-state index contributed by atoms with van der Waals surface area (Å²) in [5.41, 5.74) is -0.428. The quantitative estimate of drug-likeness (QED) is 0.756. The van der Waals surface area contributed by atoms with Gasteiger partial charge in [0.2, 0.25) is 5.91 Å². The molecule has 4 heteroatoms. The van der Waals surface area contributed by atoms with Gasteiger partial charge in [0, 0.05) is 18.5 Å². The molecule has 0 spiro atoms. The average molecular weight is 349 g/mol. The molecule has 0 aliphatic carbocycles. The van der Waals surface area contributed by atoms with Crippen molar-refractivity contribution in [1.82, 2.24) is 4.90 Å². The summed E-state index contributed by atoms with van der Waals surface area (Å²) in [6.45, 7) is 12.6. The molecule has 1 aromatic rings. The lowest BCUT2D eigenvalue weighted by molar-refractivity contribution is -0.147. The third-order valence-corrected chi connectivity index (χ3v) is 5.93. The Balaban J connectivity index is 1.78. The SMILES string of the molecule is CC(C)(C)C(C)(C)C(=O)N1CCC(CCOc2ccccc2F)CC1. The zero-order chi connectivity index (χ0) is 18.7. The lowest BCUT2D eigenvalue weighted by atomic mass is 9.68. The van der Waals surface area contributed by atoms with Gasteiger partial charge < -0.3 is 9.64 Å². The smallest absolute Gasteiger partial charge is 0.228 e. The molecule has 1 amide bonds. The number of carbonyl (C=O) groups excluding carboxylic acids is 1. The number of piperidine rings is 1. The second-order valence-electron chi connectivity index (χ2n) is 8.68. The van der Waals surface area contributed by atoms with Gasteiger partial charge in [-0.1, -0.05) is 46.8 Å². The van der Waals surface area contributed by atoms with E-state index in [9.17, 15) is 9.18 Å². The molecule has 1 fully saturated rings. The summed E-state index contributed by atoms with van der Waals surface area (Å²) in [7, 11) is 0. The average Bonchev–Trinajstić information content (AvgIpc) is 2.55. The van der Waals surface area contributed by atoms with Crippen LogP contribution in [-0.2, 0) is 4.79 Å². The van der Waals surface area contributed by atoms with E-state index in [4.69, 9.17) is 4.74 Å². The molecule has 1 aliphatic rings.